The van der Waals surface area contributed by atoms with Gasteiger partial charge in [0.2, 0.25) is 0 Å². The SMILES string of the molecule is CC1(C)Cc2c(c(N3CCOCC3)[nH+]c3sc(C(=O)Nc4cccc5ccccc45)c(N)c23)CO1. The lowest BCUT2D eigenvalue weighted by atomic mass is 9.89. The van der Waals surface area contributed by atoms with E-state index in [1.165, 1.54) is 16.9 Å². The largest absolute Gasteiger partial charge is 0.397 e. The molecule has 2 aromatic heterocycles. The molecule has 2 aliphatic rings. The highest BCUT2D eigenvalue weighted by Gasteiger charge is 2.36. The number of aromatic nitrogens is 1. The number of hydrogen-bond donors (Lipinski definition) is 2. The molecule has 4 aromatic rings. The molecule has 4 heterocycles. The number of fused-ring (bicyclic) bond motifs is 4. The molecule has 0 aliphatic carbocycles. The number of H-pyrrole nitrogens is 1. The van der Waals surface area contributed by atoms with Gasteiger partial charge in [0.15, 0.2) is 4.83 Å². The Morgan fingerprint density at radius 2 is 1.89 bits per heavy atom. The summed E-state index contributed by atoms with van der Waals surface area (Å²) in [5.41, 5.74) is 10.0. The van der Waals surface area contributed by atoms with E-state index in [-0.39, 0.29) is 11.5 Å². The average Bonchev–Trinajstić information content (AvgIpc) is 3.20. The predicted molar refractivity (Wildman–Crippen MR) is 140 cm³/mol. The maximum atomic E-state index is 13.5. The number of aromatic amines is 1. The van der Waals surface area contributed by atoms with Crippen LogP contribution >= 0.6 is 11.3 Å². The number of thiophene rings is 1. The summed E-state index contributed by atoms with van der Waals surface area (Å²) in [5.74, 6) is 0.856. The second-order valence-corrected chi connectivity index (χ2v) is 10.8. The Kier molecular flexibility index (Phi) is 5.40. The van der Waals surface area contributed by atoms with Crippen LogP contribution in [0.5, 0.6) is 0 Å². The Labute approximate surface area is 207 Å². The van der Waals surface area contributed by atoms with Gasteiger partial charge in [0, 0.05) is 17.5 Å². The number of rotatable bonds is 3. The summed E-state index contributed by atoms with van der Waals surface area (Å²) in [4.78, 5) is 20.9. The molecule has 0 unspecified atom stereocenters. The highest BCUT2D eigenvalue weighted by molar-refractivity contribution is 7.21. The van der Waals surface area contributed by atoms with Gasteiger partial charge in [0.25, 0.3) is 11.7 Å². The van der Waals surface area contributed by atoms with Crippen LogP contribution in [-0.2, 0) is 22.5 Å². The second kappa shape index (κ2) is 8.48. The molecule has 4 N–H and O–H groups in total. The minimum absolute atomic E-state index is 0.193. The molecule has 8 heteroatoms. The molecular formula is C27H29N4O3S+. The number of hydrogen-bond acceptors (Lipinski definition) is 6. The minimum Gasteiger partial charge on any atom is -0.397 e. The van der Waals surface area contributed by atoms with Gasteiger partial charge >= 0.3 is 0 Å². The molecule has 180 valence electrons. The fraction of sp³-hybridized carbons (Fsp3) is 0.333. The number of benzene rings is 2. The number of carbonyl (C=O) groups excluding carboxylic acids is 1. The number of morpholine rings is 1. The predicted octanol–water partition coefficient (Wildman–Crippen LogP) is 4.39. The molecule has 1 saturated heterocycles. The first kappa shape index (κ1) is 22.3. The first-order valence-corrected chi connectivity index (χ1v) is 12.8. The molecule has 2 aliphatic heterocycles. The third-order valence-electron chi connectivity index (χ3n) is 6.91. The van der Waals surface area contributed by atoms with Crippen molar-refractivity contribution in [3.8, 4) is 0 Å². The lowest BCUT2D eigenvalue weighted by molar-refractivity contribution is -0.329. The van der Waals surface area contributed by atoms with Crippen molar-refractivity contribution in [1.29, 1.82) is 0 Å². The smallest absolute Gasteiger partial charge is 0.281 e. The van der Waals surface area contributed by atoms with E-state index < -0.39 is 0 Å². The van der Waals surface area contributed by atoms with E-state index in [0.717, 1.165) is 57.6 Å². The van der Waals surface area contributed by atoms with E-state index >= 15 is 0 Å². The van der Waals surface area contributed by atoms with Crippen molar-refractivity contribution in [1.82, 2.24) is 0 Å². The molecular weight excluding hydrogens is 460 g/mol. The van der Waals surface area contributed by atoms with Crippen molar-refractivity contribution in [2.75, 3.05) is 42.3 Å². The van der Waals surface area contributed by atoms with E-state index in [1.807, 2.05) is 42.5 Å². The topological polar surface area (TPSA) is 91.0 Å². The molecule has 0 saturated carbocycles. The number of nitrogens with two attached hydrogens (primary N) is 1. The molecule has 0 atom stereocenters. The number of carbonyl (C=O) groups is 1. The van der Waals surface area contributed by atoms with E-state index in [2.05, 4.69) is 29.0 Å². The summed E-state index contributed by atoms with van der Waals surface area (Å²) in [5, 5.41) is 6.13. The minimum atomic E-state index is -0.302. The Morgan fingerprint density at radius 3 is 2.71 bits per heavy atom. The first-order valence-electron chi connectivity index (χ1n) is 12.0. The van der Waals surface area contributed by atoms with Crippen LogP contribution in [0.25, 0.3) is 21.0 Å². The van der Waals surface area contributed by atoms with Crippen molar-refractivity contribution in [3.05, 3.63) is 58.5 Å². The van der Waals surface area contributed by atoms with E-state index in [1.54, 1.807) is 0 Å². The van der Waals surface area contributed by atoms with Crippen molar-refractivity contribution in [2.24, 2.45) is 0 Å². The van der Waals surface area contributed by atoms with Gasteiger partial charge in [-0.3, -0.25) is 9.69 Å². The number of amides is 1. The van der Waals surface area contributed by atoms with E-state index in [9.17, 15) is 4.79 Å². The number of ether oxygens (including phenoxy) is 2. The molecule has 1 fully saturated rings. The van der Waals surface area contributed by atoms with Gasteiger partial charge in [0.1, 0.15) is 18.0 Å². The van der Waals surface area contributed by atoms with Crippen LogP contribution in [0.4, 0.5) is 17.2 Å². The van der Waals surface area contributed by atoms with Gasteiger partial charge in [-0.05, 0) is 30.9 Å². The fourth-order valence-corrected chi connectivity index (χ4v) is 6.18. The zero-order chi connectivity index (χ0) is 24.2. The Bertz CT molecular complexity index is 1450. The van der Waals surface area contributed by atoms with E-state index in [4.69, 9.17) is 15.2 Å². The van der Waals surface area contributed by atoms with Gasteiger partial charge < -0.3 is 20.5 Å². The monoisotopic (exact) mass is 489 g/mol. The zero-order valence-corrected chi connectivity index (χ0v) is 20.8. The van der Waals surface area contributed by atoms with Gasteiger partial charge in [-0.25, -0.2) is 4.98 Å². The van der Waals surface area contributed by atoms with Crippen LogP contribution in [0.15, 0.2) is 42.5 Å². The highest BCUT2D eigenvalue weighted by Crippen LogP contribution is 2.42. The van der Waals surface area contributed by atoms with Gasteiger partial charge in [-0.15, -0.1) is 0 Å². The molecule has 6 rings (SSSR count). The first-order chi connectivity index (χ1) is 16.9. The third kappa shape index (κ3) is 3.91. The number of nitrogen functional groups attached to an aromatic ring is 1. The van der Waals surface area contributed by atoms with Crippen LogP contribution in [0.1, 0.15) is 34.6 Å². The van der Waals surface area contributed by atoms with Crippen LogP contribution in [0.2, 0.25) is 0 Å². The summed E-state index contributed by atoms with van der Waals surface area (Å²) in [6.45, 7) is 7.72. The quantitative estimate of drug-likeness (QED) is 0.445. The maximum Gasteiger partial charge on any atom is 0.281 e. The Hall–Kier alpha value is -3.20. The zero-order valence-electron chi connectivity index (χ0n) is 19.9. The van der Waals surface area contributed by atoms with Crippen molar-refractivity contribution in [2.45, 2.75) is 32.5 Å². The number of nitrogens with one attached hydrogen (secondary N) is 2. The Balaban J connectivity index is 1.45. The molecule has 0 spiro atoms. The summed E-state index contributed by atoms with van der Waals surface area (Å²) >= 11 is 1.42. The molecule has 2 aromatic carbocycles. The highest BCUT2D eigenvalue weighted by atomic mass is 32.1. The Morgan fingerprint density at radius 1 is 1.11 bits per heavy atom. The van der Waals surface area contributed by atoms with Gasteiger partial charge in [0.05, 0.1) is 42.1 Å². The van der Waals surface area contributed by atoms with Gasteiger partial charge in [-0.1, -0.05) is 47.7 Å². The van der Waals surface area contributed by atoms with Crippen LogP contribution in [0.3, 0.4) is 0 Å². The van der Waals surface area contributed by atoms with Crippen LogP contribution in [0, 0.1) is 0 Å². The normalized spacial score (nSPS) is 17.5. The molecule has 0 radical (unpaired) electrons. The number of pyridine rings is 1. The third-order valence-corrected chi connectivity index (χ3v) is 8.03. The summed E-state index contributed by atoms with van der Waals surface area (Å²) in [6.07, 6.45) is 0.732. The lowest BCUT2D eigenvalue weighted by Gasteiger charge is -2.33. The van der Waals surface area contributed by atoms with E-state index in [0.29, 0.717) is 30.4 Å². The lowest BCUT2D eigenvalue weighted by Crippen LogP contribution is -2.42. The molecule has 35 heavy (non-hydrogen) atoms. The van der Waals surface area contributed by atoms with Crippen LogP contribution < -0.4 is 20.9 Å². The number of nitrogens with zero attached hydrogens (tertiary/aromatic N) is 1. The molecule has 1 amide bonds. The van der Waals surface area contributed by atoms with Crippen molar-refractivity contribution in [3.63, 3.8) is 0 Å². The fourth-order valence-electron chi connectivity index (χ4n) is 5.14. The van der Waals surface area contributed by atoms with Crippen LogP contribution in [-0.4, -0.2) is 37.8 Å². The standard InChI is InChI=1S/C27H28N4O3S/c1-27(2)14-18-19(15-34-27)24(31-10-12-33-13-11-31)30-26-21(18)22(28)23(35-26)25(32)29-20-9-5-7-16-6-3-4-8-17(16)20/h3-9H,10-15,28H2,1-2H3,(H,29,32)/p+1. The van der Waals surface area contributed by atoms with Crippen molar-refractivity contribution < 1.29 is 19.3 Å². The molecule has 7 nitrogen and oxygen atoms in total. The summed E-state index contributed by atoms with van der Waals surface area (Å²) in [6, 6.07) is 13.9. The second-order valence-electron chi connectivity index (χ2n) is 9.79. The van der Waals surface area contributed by atoms with Gasteiger partial charge in [-0.2, -0.15) is 0 Å². The number of anilines is 3. The van der Waals surface area contributed by atoms with Crippen molar-refractivity contribution >= 4 is 55.4 Å². The molecule has 0 bridgehead atoms. The summed E-state index contributed by atoms with van der Waals surface area (Å²) in [7, 11) is 0. The maximum absolute atomic E-state index is 13.5. The average molecular weight is 490 g/mol. The summed E-state index contributed by atoms with van der Waals surface area (Å²) < 4.78 is 11.8.